The van der Waals surface area contributed by atoms with Crippen LogP contribution in [0.2, 0.25) is 0 Å². The molecule has 0 heterocycles. The van der Waals surface area contributed by atoms with Crippen molar-refractivity contribution in [3.8, 4) is 5.75 Å². The number of hydrogen-bond donors (Lipinski definition) is 1. The highest BCUT2D eigenvalue weighted by Gasteiger charge is 2.29. The van der Waals surface area contributed by atoms with Gasteiger partial charge in [0.05, 0.1) is 6.61 Å². The van der Waals surface area contributed by atoms with E-state index in [1.807, 2.05) is 19.1 Å². The average molecular weight is 278 g/mol. The first kappa shape index (κ1) is 16.4. The van der Waals surface area contributed by atoms with Crippen LogP contribution in [0, 0.1) is 6.92 Å². The lowest BCUT2D eigenvalue weighted by Gasteiger charge is -2.28. The summed E-state index contributed by atoms with van der Waals surface area (Å²) in [6.07, 6.45) is 1.69. The fraction of sp³-hybridized carbons (Fsp3) is 0.438. The van der Waals surface area contributed by atoms with E-state index >= 15 is 0 Å². The van der Waals surface area contributed by atoms with Gasteiger partial charge in [-0.15, -0.1) is 0 Å². The summed E-state index contributed by atoms with van der Waals surface area (Å²) in [5.41, 5.74) is 1.23. The predicted octanol–water partition coefficient (Wildman–Crippen LogP) is 2.72. The molecule has 0 amide bonds. The van der Waals surface area contributed by atoms with Crippen LogP contribution in [0.15, 0.2) is 29.8 Å². The molecule has 1 rings (SSSR count). The topological polar surface area (TPSA) is 55.8 Å². The maximum Gasteiger partial charge on any atom is 0.338 e. The van der Waals surface area contributed by atoms with E-state index in [2.05, 4.69) is 0 Å². The Morgan fingerprint density at radius 2 is 2.10 bits per heavy atom. The summed E-state index contributed by atoms with van der Waals surface area (Å²) in [6, 6.07) is 5.47. The quantitative estimate of drug-likeness (QED) is 0.511. The number of benzene rings is 1. The number of carbonyl (C=O) groups is 1. The van der Waals surface area contributed by atoms with Crippen molar-refractivity contribution in [1.82, 2.24) is 0 Å². The van der Waals surface area contributed by atoms with Gasteiger partial charge in [-0.25, -0.2) is 4.79 Å². The second-order valence-electron chi connectivity index (χ2n) is 4.95. The van der Waals surface area contributed by atoms with Gasteiger partial charge >= 0.3 is 5.97 Å². The number of esters is 1. The summed E-state index contributed by atoms with van der Waals surface area (Å²) >= 11 is 0. The minimum Gasteiger partial charge on any atom is -0.423 e. The number of allylic oxidation sites excluding steroid dienone is 1. The van der Waals surface area contributed by atoms with E-state index in [4.69, 9.17) is 9.47 Å². The molecular weight excluding hydrogens is 256 g/mol. The fourth-order valence-corrected chi connectivity index (χ4v) is 1.71. The van der Waals surface area contributed by atoms with Crippen molar-refractivity contribution in [3.05, 3.63) is 41.0 Å². The second-order valence-corrected chi connectivity index (χ2v) is 4.95. The highest BCUT2D eigenvalue weighted by atomic mass is 16.5. The number of methoxy groups -OCH3 is 1. The summed E-state index contributed by atoms with van der Waals surface area (Å²) < 4.78 is 10.8. The van der Waals surface area contributed by atoms with Crippen molar-refractivity contribution < 1.29 is 19.4 Å². The first-order chi connectivity index (χ1) is 9.37. The van der Waals surface area contributed by atoms with E-state index in [0.29, 0.717) is 16.9 Å². The van der Waals surface area contributed by atoms with Crippen molar-refractivity contribution >= 4 is 5.97 Å². The number of carbonyl (C=O) groups excluding carboxylic acids is 1. The van der Waals surface area contributed by atoms with Crippen LogP contribution in [0.5, 0.6) is 5.75 Å². The lowest BCUT2D eigenvalue weighted by molar-refractivity contribution is -0.130. The molecule has 0 spiro atoms. The standard InChI is InChI=1S/C16H22O4/c1-6-12(3)15(18)20-14-9-11(2)7-8-13(14)16(4,10-17)19-5/h6-9,17H,10H2,1-5H3/b12-6-/t16-/m0/s1. The number of aryl methyl sites for hydroxylation is 1. The molecule has 110 valence electrons. The summed E-state index contributed by atoms with van der Waals surface area (Å²) in [5.74, 6) is 0.00495. The Morgan fingerprint density at radius 3 is 2.60 bits per heavy atom. The van der Waals surface area contributed by atoms with Crippen LogP contribution >= 0.6 is 0 Å². The summed E-state index contributed by atoms with van der Waals surface area (Å²) in [5, 5.41) is 9.55. The van der Waals surface area contributed by atoms with Gasteiger partial charge in [-0.05, 0) is 39.3 Å². The lowest BCUT2D eigenvalue weighted by atomic mass is 9.94. The number of aliphatic hydroxyl groups excluding tert-OH is 1. The van der Waals surface area contributed by atoms with Gasteiger partial charge in [-0.3, -0.25) is 0 Å². The molecule has 1 aromatic carbocycles. The smallest absolute Gasteiger partial charge is 0.338 e. The van der Waals surface area contributed by atoms with Gasteiger partial charge in [-0.1, -0.05) is 18.2 Å². The number of hydrogen-bond acceptors (Lipinski definition) is 4. The Hall–Kier alpha value is -1.65. The van der Waals surface area contributed by atoms with Crippen LogP contribution in [0.3, 0.4) is 0 Å². The van der Waals surface area contributed by atoms with Gasteiger partial charge in [-0.2, -0.15) is 0 Å². The fourth-order valence-electron chi connectivity index (χ4n) is 1.71. The lowest BCUT2D eigenvalue weighted by Crippen LogP contribution is -2.30. The molecule has 0 bridgehead atoms. The molecule has 0 aliphatic rings. The van der Waals surface area contributed by atoms with Crippen LogP contribution in [0.25, 0.3) is 0 Å². The summed E-state index contributed by atoms with van der Waals surface area (Å²) in [4.78, 5) is 11.9. The Labute approximate surface area is 120 Å². The minimum atomic E-state index is -0.910. The van der Waals surface area contributed by atoms with Gasteiger partial charge in [0.2, 0.25) is 0 Å². The molecule has 1 atom stereocenters. The first-order valence-corrected chi connectivity index (χ1v) is 6.50. The molecule has 20 heavy (non-hydrogen) atoms. The van der Waals surface area contributed by atoms with Gasteiger partial charge < -0.3 is 14.6 Å². The predicted molar refractivity (Wildman–Crippen MR) is 77.7 cm³/mol. The largest absolute Gasteiger partial charge is 0.423 e. The van der Waals surface area contributed by atoms with Crippen LogP contribution in [0.4, 0.5) is 0 Å². The molecule has 0 aliphatic heterocycles. The maximum absolute atomic E-state index is 11.9. The van der Waals surface area contributed by atoms with Crippen LogP contribution in [0.1, 0.15) is 31.9 Å². The summed E-state index contributed by atoms with van der Waals surface area (Å²) in [7, 11) is 1.51. The van der Waals surface area contributed by atoms with Gasteiger partial charge in [0.25, 0.3) is 0 Å². The zero-order valence-corrected chi connectivity index (χ0v) is 12.7. The molecule has 1 aromatic rings. The van der Waals surface area contributed by atoms with Crippen LogP contribution in [-0.4, -0.2) is 24.8 Å². The molecule has 0 saturated carbocycles. The van der Waals surface area contributed by atoms with E-state index in [1.54, 1.807) is 32.9 Å². The second kappa shape index (κ2) is 6.68. The normalized spacial score (nSPS) is 14.8. The van der Waals surface area contributed by atoms with Crippen LogP contribution < -0.4 is 4.74 Å². The third-order valence-electron chi connectivity index (χ3n) is 3.42. The average Bonchev–Trinajstić information content (AvgIpc) is 2.45. The van der Waals surface area contributed by atoms with Gasteiger partial charge in [0.15, 0.2) is 0 Å². The zero-order chi connectivity index (χ0) is 15.3. The summed E-state index contributed by atoms with van der Waals surface area (Å²) in [6.45, 7) is 6.92. The van der Waals surface area contributed by atoms with E-state index < -0.39 is 11.6 Å². The van der Waals surface area contributed by atoms with E-state index in [0.717, 1.165) is 5.56 Å². The molecule has 1 N–H and O–H groups in total. The minimum absolute atomic E-state index is 0.209. The molecule has 0 saturated heterocycles. The first-order valence-electron chi connectivity index (χ1n) is 6.50. The zero-order valence-electron chi connectivity index (χ0n) is 12.7. The van der Waals surface area contributed by atoms with Crippen molar-refractivity contribution in [2.75, 3.05) is 13.7 Å². The van der Waals surface area contributed by atoms with E-state index in [1.165, 1.54) is 7.11 Å². The Kier molecular flexibility index (Phi) is 5.48. The Bertz CT molecular complexity index is 513. The van der Waals surface area contributed by atoms with Crippen molar-refractivity contribution in [2.45, 2.75) is 33.3 Å². The molecule has 0 unspecified atom stereocenters. The molecule has 0 aromatic heterocycles. The highest BCUT2D eigenvalue weighted by molar-refractivity contribution is 5.89. The van der Waals surface area contributed by atoms with Gasteiger partial charge in [0, 0.05) is 18.2 Å². The number of ether oxygens (including phenoxy) is 2. The van der Waals surface area contributed by atoms with E-state index in [9.17, 15) is 9.90 Å². The molecule has 4 heteroatoms. The molecule has 0 aliphatic carbocycles. The number of aliphatic hydroxyl groups is 1. The van der Waals surface area contributed by atoms with E-state index in [-0.39, 0.29) is 6.61 Å². The van der Waals surface area contributed by atoms with Crippen molar-refractivity contribution in [2.24, 2.45) is 0 Å². The maximum atomic E-state index is 11.9. The highest BCUT2D eigenvalue weighted by Crippen LogP contribution is 2.33. The SMILES string of the molecule is C/C=C(/C)C(=O)Oc1cc(C)ccc1[C@](C)(CO)OC. The molecule has 0 fully saturated rings. The molecular formula is C16H22O4. The molecule has 0 radical (unpaired) electrons. The molecule has 4 nitrogen and oxygen atoms in total. The monoisotopic (exact) mass is 278 g/mol. The van der Waals surface area contributed by atoms with Crippen molar-refractivity contribution in [1.29, 1.82) is 0 Å². The third kappa shape index (κ3) is 3.46. The van der Waals surface area contributed by atoms with Crippen molar-refractivity contribution in [3.63, 3.8) is 0 Å². The Balaban J connectivity index is 3.24. The van der Waals surface area contributed by atoms with Gasteiger partial charge in [0.1, 0.15) is 11.4 Å². The third-order valence-corrected chi connectivity index (χ3v) is 3.42. The Morgan fingerprint density at radius 1 is 1.45 bits per heavy atom. The number of rotatable bonds is 5. The van der Waals surface area contributed by atoms with Crippen LogP contribution in [-0.2, 0) is 15.1 Å².